The summed E-state index contributed by atoms with van der Waals surface area (Å²) < 4.78 is 11.1. The number of aromatic carboxylic acids is 1. The number of carbonyl (C=O) groups is 1. The molecule has 1 aromatic carbocycles. The van der Waals surface area contributed by atoms with Gasteiger partial charge in [-0.25, -0.2) is 9.78 Å². The van der Waals surface area contributed by atoms with Gasteiger partial charge >= 0.3 is 5.97 Å². The highest BCUT2D eigenvalue weighted by molar-refractivity contribution is 5.84. The molecule has 3 rings (SSSR count). The fourth-order valence-electron chi connectivity index (χ4n) is 2.67. The van der Waals surface area contributed by atoms with Crippen LogP contribution in [-0.4, -0.2) is 52.7 Å². The highest BCUT2D eigenvalue weighted by Crippen LogP contribution is 2.25. The summed E-state index contributed by atoms with van der Waals surface area (Å²) in [5.74, 6) is -0.262. The van der Waals surface area contributed by atoms with Crippen molar-refractivity contribution in [3.8, 4) is 5.75 Å². The number of carboxylic acid groups (broad SMARTS) is 1. The molecule has 0 spiro atoms. The molecule has 7 heteroatoms. The highest BCUT2D eigenvalue weighted by atomic mass is 16.5. The molecule has 1 unspecified atom stereocenters. The lowest BCUT2D eigenvalue weighted by atomic mass is 10.1. The van der Waals surface area contributed by atoms with Crippen LogP contribution in [0.1, 0.15) is 27.8 Å². The number of ether oxygens (including phenoxy) is 2. The molecule has 7 nitrogen and oxygen atoms in total. The Morgan fingerprint density at radius 2 is 2.29 bits per heavy atom. The molecule has 1 N–H and O–H groups in total. The number of benzene rings is 1. The zero-order valence-electron chi connectivity index (χ0n) is 13.4. The van der Waals surface area contributed by atoms with Crippen LogP contribution in [0.25, 0.3) is 0 Å². The summed E-state index contributed by atoms with van der Waals surface area (Å²) in [6, 6.07) is 7.87. The zero-order chi connectivity index (χ0) is 16.9. The topological polar surface area (TPSA) is 84.8 Å². The van der Waals surface area contributed by atoms with Crippen LogP contribution in [0.15, 0.2) is 36.7 Å². The Labute approximate surface area is 139 Å². The van der Waals surface area contributed by atoms with E-state index >= 15 is 0 Å². The zero-order valence-corrected chi connectivity index (χ0v) is 13.4. The lowest BCUT2D eigenvalue weighted by Crippen LogP contribution is -2.38. The quantitative estimate of drug-likeness (QED) is 0.894. The third-order valence-corrected chi connectivity index (χ3v) is 3.93. The van der Waals surface area contributed by atoms with Gasteiger partial charge in [-0.15, -0.1) is 0 Å². The Balaban J connectivity index is 1.65. The van der Waals surface area contributed by atoms with Crippen LogP contribution >= 0.6 is 0 Å². The third-order valence-electron chi connectivity index (χ3n) is 3.93. The van der Waals surface area contributed by atoms with Crippen LogP contribution in [0.2, 0.25) is 0 Å². The minimum atomic E-state index is -1.07. The smallest absolute Gasteiger partial charge is 0.356 e. The fourth-order valence-corrected chi connectivity index (χ4v) is 2.67. The summed E-state index contributed by atoms with van der Waals surface area (Å²) in [4.78, 5) is 21.1. The number of rotatable bonds is 5. The fraction of sp³-hybridized carbons (Fsp3) is 0.353. The highest BCUT2D eigenvalue weighted by Gasteiger charge is 2.22. The lowest BCUT2D eigenvalue weighted by molar-refractivity contribution is -0.0333. The van der Waals surface area contributed by atoms with Gasteiger partial charge in [-0.2, -0.15) is 0 Å². The van der Waals surface area contributed by atoms with Crippen molar-refractivity contribution in [1.29, 1.82) is 0 Å². The van der Waals surface area contributed by atoms with Gasteiger partial charge < -0.3 is 14.6 Å². The minimum absolute atomic E-state index is 0.0277. The first-order valence-electron chi connectivity index (χ1n) is 7.68. The van der Waals surface area contributed by atoms with E-state index in [0.717, 1.165) is 30.1 Å². The van der Waals surface area contributed by atoms with E-state index in [1.807, 2.05) is 24.3 Å². The van der Waals surface area contributed by atoms with Gasteiger partial charge in [0.05, 0.1) is 37.9 Å². The molecule has 24 heavy (non-hydrogen) atoms. The standard InChI is InChI=1S/C17H19N3O4/c1-23-14-4-2-3-12(7-14)16-11-20(5-6-24-16)10-13-8-19-15(9-18-13)17(21)22/h2-4,7-9,16H,5-6,10-11H2,1H3,(H,21,22). The average Bonchev–Trinajstić information content (AvgIpc) is 2.62. The number of nitrogens with zero attached hydrogens (tertiary/aromatic N) is 3. The summed E-state index contributed by atoms with van der Waals surface area (Å²) in [6.07, 6.45) is 2.78. The monoisotopic (exact) mass is 329 g/mol. The minimum Gasteiger partial charge on any atom is -0.497 e. The molecule has 2 aromatic rings. The summed E-state index contributed by atoms with van der Waals surface area (Å²) in [7, 11) is 1.65. The van der Waals surface area contributed by atoms with Gasteiger partial charge in [0.1, 0.15) is 5.75 Å². The average molecular weight is 329 g/mol. The van der Waals surface area contributed by atoms with Crippen molar-refractivity contribution >= 4 is 5.97 Å². The summed E-state index contributed by atoms with van der Waals surface area (Å²) in [5, 5.41) is 8.86. The van der Waals surface area contributed by atoms with Gasteiger partial charge in [0, 0.05) is 19.6 Å². The van der Waals surface area contributed by atoms with Crippen LogP contribution in [0, 0.1) is 0 Å². The molecule has 126 valence electrons. The second-order valence-corrected chi connectivity index (χ2v) is 5.57. The lowest BCUT2D eigenvalue weighted by Gasteiger charge is -2.33. The molecular formula is C17H19N3O4. The van der Waals surface area contributed by atoms with Gasteiger partial charge in [0.15, 0.2) is 5.69 Å². The number of hydrogen-bond donors (Lipinski definition) is 1. The summed E-state index contributed by atoms with van der Waals surface area (Å²) >= 11 is 0. The van der Waals surface area contributed by atoms with Gasteiger partial charge in [-0.05, 0) is 17.7 Å². The van der Waals surface area contributed by atoms with Crippen molar-refractivity contribution in [2.75, 3.05) is 26.8 Å². The third kappa shape index (κ3) is 3.87. The van der Waals surface area contributed by atoms with Crippen molar-refractivity contribution in [2.45, 2.75) is 12.6 Å². The maximum absolute atomic E-state index is 10.8. The van der Waals surface area contributed by atoms with E-state index in [0.29, 0.717) is 13.2 Å². The molecule has 2 heterocycles. The van der Waals surface area contributed by atoms with E-state index in [9.17, 15) is 4.79 Å². The summed E-state index contributed by atoms with van der Waals surface area (Å²) in [6.45, 7) is 2.76. The van der Waals surface area contributed by atoms with Gasteiger partial charge in [-0.1, -0.05) is 12.1 Å². The number of aromatic nitrogens is 2. The molecule has 1 atom stereocenters. The largest absolute Gasteiger partial charge is 0.497 e. The molecule has 0 amide bonds. The molecule has 1 fully saturated rings. The molecule has 0 radical (unpaired) electrons. The van der Waals surface area contributed by atoms with Gasteiger partial charge in [-0.3, -0.25) is 9.88 Å². The normalized spacial score (nSPS) is 18.3. The molecule has 0 saturated carbocycles. The van der Waals surface area contributed by atoms with E-state index < -0.39 is 5.97 Å². The van der Waals surface area contributed by atoms with Gasteiger partial charge in [0.2, 0.25) is 0 Å². The van der Waals surface area contributed by atoms with E-state index in [1.165, 1.54) is 12.4 Å². The second-order valence-electron chi connectivity index (χ2n) is 5.57. The Hall–Kier alpha value is -2.51. The van der Waals surface area contributed by atoms with E-state index in [4.69, 9.17) is 14.6 Å². The predicted octanol–water partition coefficient (Wildman–Crippen LogP) is 1.76. The first kappa shape index (κ1) is 16.4. The van der Waals surface area contributed by atoms with E-state index in [2.05, 4.69) is 14.9 Å². The Morgan fingerprint density at radius 3 is 3.00 bits per heavy atom. The van der Waals surface area contributed by atoms with Crippen molar-refractivity contribution < 1.29 is 19.4 Å². The van der Waals surface area contributed by atoms with Crippen LogP contribution in [-0.2, 0) is 11.3 Å². The predicted molar refractivity (Wildman–Crippen MR) is 86.0 cm³/mol. The number of carboxylic acids is 1. The van der Waals surface area contributed by atoms with Crippen molar-refractivity contribution in [3.63, 3.8) is 0 Å². The maximum Gasteiger partial charge on any atom is 0.356 e. The molecule has 1 aliphatic rings. The number of hydrogen-bond acceptors (Lipinski definition) is 6. The first-order chi connectivity index (χ1) is 11.7. The maximum atomic E-state index is 10.8. The van der Waals surface area contributed by atoms with Crippen LogP contribution in [0.4, 0.5) is 0 Å². The molecule has 0 aliphatic carbocycles. The number of methoxy groups -OCH3 is 1. The molecule has 1 saturated heterocycles. The van der Waals surface area contributed by atoms with Crippen molar-refractivity contribution in [2.24, 2.45) is 0 Å². The molecular weight excluding hydrogens is 310 g/mol. The van der Waals surface area contributed by atoms with Crippen LogP contribution < -0.4 is 4.74 Å². The van der Waals surface area contributed by atoms with Gasteiger partial charge in [0.25, 0.3) is 0 Å². The van der Waals surface area contributed by atoms with E-state index in [1.54, 1.807) is 7.11 Å². The van der Waals surface area contributed by atoms with Crippen LogP contribution in [0.3, 0.4) is 0 Å². The van der Waals surface area contributed by atoms with Crippen molar-refractivity contribution in [1.82, 2.24) is 14.9 Å². The second kappa shape index (κ2) is 7.37. The molecule has 1 aromatic heterocycles. The Kier molecular flexibility index (Phi) is 5.02. The summed E-state index contributed by atoms with van der Waals surface area (Å²) in [5.41, 5.74) is 1.77. The first-order valence-corrected chi connectivity index (χ1v) is 7.68. The molecule has 0 bridgehead atoms. The Bertz CT molecular complexity index is 705. The van der Waals surface area contributed by atoms with E-state index in [-0.39, 0.29) is 11.8 Å². The number of morpholine rings is 1. The van der Waals surface area contributed by atoms with Crippen molar-refractivity contribution in [3.05, 3.63) is 53.6 Å². The SMILES string of the molecule is COc1cccc(C2CN(Cc3cnc(C(=O)O)cn3)CCO2)c1. The Morgan fingerprint density at radius 1 is 1.42 bits per heavy atom. The van der Waals surface area contributed by atoms with Crippen LogP contribution in [0.5, 0.6) is 5.75 Å². The molecule has 1 aliphatic heterocycles.